The maximum absolute atomic E-state index is 12.4. The van der Waals surface area contributed by atoms with Gasteiger partial charge in [-0.1, -0.05) is 12.1 Å². The summed E-state index contributed by atoms with van der Waals surface area (Å²) in [6.07, 6.45) is -4.77. The van der Waals surface area contributed by atoms with Crippen LogP contribution in [-0.4, -0.2) is 45.3 Å². The van der Waals surface area contributed by atoms with E-state index in [1.54, 1.807) is 25.9 Å². The van der Waals surface area contributed by atoms with Crippen LogP contribution < -0.4 is 15.2 Å². The molecule has 28 heavy (non-hydrogen) atoms. The van der Waals surface area contributed by atoms with Gasteiger partial charge in [0.25, 0.3) is 5.56 Å². The second kappa shape index (κ2) is 7.15. The highest BCUT2D eigenvalue weighted by atomic mass is 19.4. The van der Waals surface area contributed by atoms with Gasteiger partial charge >= 0.3 is 6.36 Å². The molecule has 3 rings (SSSR count). The Morgan fingerprint density at radius 2 is 1.93 bits per heavy atom. The zero-order valence-electron chi connectivity index (χ0n) is 15.3. The highest BCUT2D eigenvalue weighted by Gasteiger charge is 2.31. The van der Waals surface area contributed by atoms with E-state index in [9.17, 15) is 23.1 Å². The summed E-state index contributed by atoms with van der Waals surface area (Å²) in [5, 5.41) is 14.0. The number of aromatic nitrogens is 4. The summed E-state index contributed by atoms with van der Waals surface area (Å²) in [6.45, 7) is 1.30. The molecular formula is C17H18F3N5O3. The van der Waals surface area contributed by atoms with Crippen LogP contribution in [0.15, 0.2) is 29.1 Å². The molecule has 2 aromatic heterocycles. The van der Waals surface area contributed by atoms with Gasteiger partial charge in [0.15, 0.2) is 5.65 Å². The van der Waals surface area contributed by atoms with Gasteiger partial charge in [-0.15, -0.1) is 13.2 Å². The minimum Gasteiger partial charge on any atom is -0.406 e. The van der Waals surface area contributed by atoms with E-state index >= 15 is 0 Å². The lowest BCUT2D eigenvalue weighted by molar-refractivity contribution is -0.274. The van der Waals surface area contributed by atoms with Crippen LogP contribution in [0.25, 0.3) is 11.0 Å². The summed E-state index contributed by atoms with van der Waals surface area (Å²) >= 11 is 0. The molecule has 0 spiro atoms. The predicted molar refractivity (Wildman–Crippen MR) is 95.3 cm³/mol. The van der Waals surface area contributed by atoms with Gasteiger partial charge in [-0.05, 0) is 24.6 Å². The van der Waals surface area contributed by atoms with Gasteiger partial charge in [-0.3, -0.25) is 9.78 Å². The maximum Gasteiger partial charge on any atom is 0.573 e. The number of ether oxygens (including phenoxy) is 1. The van der Waals surface area contributed by atoms with Crippen LogP contribution in [0.5, 0.6) is 5.75 Å². The second-order valence-electron chi connectivity index (χ2n) is 6.32. The van der Waals surface area contributed by atoms with Crippen LogP contribution in [0.2, 0.25) is 0 Å². The number of halogens is 3. The summed E-state index contributed by atoms with van der Waals surface area (Å²) in [4.78, 5) is 21.1. The number of rotatable bonds is 5. The van der Waals surface area contributed by atoms with Crippen molar-refractivity contribution in [1.29, 1.82) is 0 Å². The number of fused-ring (bicyclic) bond motifs is 1. The van der Waals surface area contributed by atoms with Crippen LogP contribution >= 0.6 is 0 Å². The van der Waals surface area contributed by atoms with Gasteiger partial charge in [0.05, 0.1) is 12.6 Å². The number of hydrogen-bond donors (Lipinski definition) is 2. The first-order valence-corrected chi connectivity index (χ1v) is 8.26. The van der Waals surface area contributed by atoms with Crippen molar-refractivity contribution in [3.63, 3.8) is 0 Å². The van der Waals surface area contributed by atoms with E-state index in [1.807, 2.05) is 0 Å². The molecule has 0 bridgehead atoms. The van der Waals surface area contributed by atoms with Crippen LogP contribution in [0.4, 0.5) is 19.1 Å². The Morgan fingerprint density at radius 3 is 2.46 bits per heavy atom. The van der Waals surface area contributed by atoms with Crippen molar-refractivity contribution in [3.05, 3.63) is 45.9 Å². The minimum atomic E-state index is -4.77. The number of aromatic amines is 1. The monoisotopic (exact) mass is 397 g/mol. The zero-order chi connectivity index (χ0) is 20.6. The third-order valence-electron chi connectivity index (χ3n) is 4.16. The molecule has 0 saturated carbocycles. The number of nitrogens with zero attached hydrogens (tertiary/aromatic N) is 4. The van der Waals surface area contributed by atoms with Gasteiger partial charge in [-0.25, -0.2) is 4.68 Å². The average molecular weight is 397 g/mol. The van der Waals surface area contributed by atoms with Crippen LogP contribution in [0.1, 0.15) is 24.2 Å². The highest BCUT2D eigenvalue weighted by Crippen LogP contribution is 2.27. The fourth-order valence-corrected chi connectivity index (χ4v) is 2.78. The average Bonchev–Trinajstić information content (AvgIpc) is 2.99. The molecule has 150 valence electrons. The molecule has 0 amide bonds. The largest absolute Gasteiger partial charge is 0.573 e. The van der Waals surface area contributed by atoms with Crippen molar-refractivity contribution >= 4 is 17.0 Å². The lowest BCUT2D eigenvalue weighted by Gasteiger charge is -2.16. The SMILES string of the molecule is C[C@@H](c1ccc(OC(F)(F)F)cc1)n1nc(CO)c2c(=O)[nH]c(N(C)C)nc21. The number of hydrogen-bond acceptors (Lipinski definition) is 6. The van der Waals surface area contributed by atoms with Crippen molar-refractivity contribution in [2.24, 2.45) is 0 Å². The number of anilines is 1. The van der Waals surface area contributed by atoms with E-state index in [4.69, 9.17) is 0 Å². The van der Waals surface area contributed by atoms with Crippen molar-refractivity contribution < 1.29 is 23.0 Å². The van der Waals surface area contributed by atoms with E-state index in [0.717, 1.165) is 0 Å². The van der Waals surface area contributed by atoms with E-state index in [2.05, 4.69) is 19.8 Å². The molecule has 1 aromatic carbocycles. The van der Waals surface area contributed by atoms with E-state index in [0.29, 0.717) is 11.5 Å². The topological polar surface area (TPSA) is 96.3 Å². The molecule has 8 nitrogen and oxygen atoms in total. The zero-order valence-corrected chi connectivity index (χ0v) is 15.3. The summed E-state index contributed by atoms with van der Waals surface area (Å²) < 4.78 is 42.3. The molecule has 1 atom stereocenters. The molecule has 3 aromatic rings. The van der Waals surface area contributed by atoms with Gasteiger partial charge in [0.1, 0.15) is 16.8 Å². The standard InChI is InChI=1S/C17H18F3N5O3/c1-9(10-4-6-11(7-5-10)28-17(18,19)20)25-14-13(12(8-26)23-25)15(27)22-16(21-14)24(2)3/h4-7,9,26H,8H2,1-3H3,(H,21,22,27)/t9-/m0/s1. The van der Waals surface area contributed by atoms with Crippen molar-refractivity contribution in [2.45, 2.75) is 25.9 Å². The third-order valence-corrected chi connectivity index (χ3v) is 4.16. The maximum atomic E-state index is 12.4. The molecular weight excluding hydrogens is 379 g/mol. The van der Waals surface area contributed by atoms with Crippen molar-refractivity contribution in [1.82, 2.24) is 19.7 Å². The van der Waals surface area contributed by atoms with Gasteiger partial charge in [0, 0.05) is 14.1 Å². The number of alkyl halides is 3. The van der Waals surface area contributed by atoms with Gasteiger partial charge < -0.3 is 14.7 Å². The molecule has 0 saturated heterocycles. The first-order chi connectivity index (χ1) is 13.1. The van der Waals surface area contributed by atoms with Gasteiger partial charge in [-0.2, -0.15) is 10.1 Å². The molecule has 0 aliphatic rings. The number of aliphatic hydroxyl groups is 1. The quantitative estimate of drug-likeness (QED) is 0.685. The Morgan fingerprint density at radius 1 is 1.29 bits per heavy atom. The normalized spacial score (nSPS) is 13.0. The fraction of sp³-hybridized carbons (Fsp3) is 0.353. The summed E-state index contributed by atoms with van der Waals surface area (Å²) in [7, 11) is 3.42. The van der Waals surface area contributed by atoms with E-state index in [1.165, 1.54) is 28.9 Å². The molecule has 2 heterocycles. The Bertz CT molecular complexity index is 1040. The fourth-order valence-electron chi connectivity index (χ4n) is 2.78. The first kappa shape index (κ1) is 19.7. The van der Waals surface area contributed by atoms with Gasteiger partial charge in [0.2, 0.25) is 5.95 Å². The lowest BCUT2D eigenvalue weighted by atomic mass is 10.1. The molecule has 0 aliphatic heterocycles. The number of nitrogens with one attached hydrogen (secondary N) is 1. The Hall–Kier alpha value is -3.08. The molecule has 11 heteroatoms. The number of H-pyrrole nitrogens is 1. The molecule has 0 unspecified atom stereocenters. The van der Waals surface area contributed by atoms with E-state index in [-0.39, 0.29) is 22.5 Å². The Balaban J connectivity index is 2.06. The minimum absolute atomic E-state index is 0.164. The lowest BCUT2D eigenvalue weighted by Crippen LogP contribution is -2.20. The Kier molecular flexibility index (Phi) is 5.02. The number of benzene rings is 1. The van der Waals surface area contributed by atoms with Crippen LogP contribution in [0, 0.1) is 0 Å². The summed E-state index contributed by atoms with van der Waals surface area (Å²) in [5.74, 6) is -0.0291. The smallest absolute Gasteiger partial charge is 0.406 e. The third kappa shape index (κ3) is 3.79. The molecule has 2 N–H and O–H groups in total. The predicted octanol–water partition coefficient (Wildman–Crippen LogP) is 2.19. The van der Waals surface area contributed by atoms with Crippen LogP contribution in [-0.2, 0) is 6.61 Å². The van der Waals surface area contributed by atoms with Crippen molar-refractivity contribution in [3.8, 4) is 5.75 Å². The highest BCUT2D eigenvalue weighted by molar-refractivity contribution is 5.78. The first-order valence-electron chi connectivity index (χ1n) is 8.26. The molecule has 0 fully saturated rings. The van der Waals surface area contributed by atoms with Crippen LogP contribution in [0.3, 0.4) is 0 Å². The molecule has 0 aliphatic carbocycles. The molecule has 0 radical (unpaired) electrons. The Labute approximate surface area is 157 Å². The summed E-state index contributed by atoms with van der Waals surface area (Å²) in [5.41, 5.74) is 0.611. The summed E-state index contributed by atoms with van der Waals surface area (Å²) in [6, 6.07) is 4.87. The van der Waals surface area contributed by atoms with Crippen molar-refractivity contribution in [2.75, 3.05) is 19.0 Å². The number of aliphatic hydroxyl groups excluding tert-OH is 1. The second-order valence-corrected chi connectivity index (χ2v) is 6.32. The van der Waals surface area contributed by atoms with E-state index < -0.39 is 24.6 Å².